The van der Waals surface area contributed by atoms with Gasteiger partial charge in [-0.3, -0.25) is 4.79 Å². The lowest BCUT2D eigenvalue weighted by atomic mass is 10.2. The Labute approximate surface area is 164 Å². The van der Waals surface area contributed by atoms with Crippen LogP contribution in [0.25, 0.3) is 0 Å². The number of hydrogen-bond acceptors (Lipinski definition) is 4. The van der Waals surface area contributed by atoms with Crippen molar-refractivity contribution in [1.82, 2.24) is 9.21 Å². The number of halogens is 1. The minimum Gasteiger partial charge on any atom is -0.455 e. The predicted octanol–water partition coefficient (Wildman–Crippen LogP) is 3.32. The second-order valence-electron chi connectivity index (χ2n) is 7.40. The molecule has 2 heterocycles. The van der Waals surface area contributed by atoms with Crippen LogP contribution < -0.4 is 0 Å². The SMILES string of the molecule is Cc1oc(C(=O)N(Cc2ccccc2F)C2CC2)cc1S(=O)(=O)N1CCCC1. The number of rotatable bonds is 6. The molecule has 1 aromatic carbocycles. The topological polar surface area (TPSA) is 70.8 Å². The van der Waals surface area contributed by atoms with Gasteiger partial charge < -0.3 is 9.32 Å². The van der Waals surface area contributed by atoms with E-state index >= 15 is 0 Å². The summed E-state index contributed by atoms with van der Waals surface area (Å²) in [4.78, 5) is 14.7. The molecule has 150 valence electrons. The van der Waals surface area contributed by atoms with Crippen molar-refractivity contribution in [2.24, 2.45) is 0 Å². The summed E-state index contributed by atoms with van der Waals surface area (Å²) in [5, 5.41) is 0. The molecule has 1 aromatic heterocycles. The number of amides is 1. The maximum absolute atomic E-state index is 14.1. The molecule has 1 amide bonds. The van der Waals surface area contributed by atoms with E-state index in [1.165, 1.54) is 16.4 Å². The normalized spacial score (nSPS) is 17.8. The summed E-state index contributed by atoms with van der Waals surface area (Å²) < 4.78 is 46.7. The van der Waals surface area contributed by atoms with E-state index in [4.69, 9.17) is 4.42 Å². The van der Waals surface area contributed by atoms with Crippen molar-refractivity contribution in [3.8, 4) is 0 Å². The van der Waals surface area contributed by atoms with Crippen molar-refractivity contribution in [2.45, 2.75) is 50.1 Å². The van der Waals surface area contributed by atoms with Crippen LogP contribution in [0.4, 0.5) is 4.39 Å². The van der Waals surface area contributed by atoms with E-state index in [1.807, 2.05) is 0 Å². The van der Waals surface area contributed by atoms with E-state index in [1.54, 1.807) is 30.0 Å². The standard InChI is InChI=1S/C20H23FN2O4S/c1-14-19(28(25,26)22-10-4-5-11-22)12-18(27-14)20(24)23(16-8-9-16)13-15-6-2-3-7-17(15)21/h2-3,6-7,12,16H,4-5,8-11,13H2,1H3. The number of sulfonamides is 1. The fraction of sp³-hybridized carbons (Fsp3) is 0.450. The van der Waals surface area contributed by atoms with E-state index in [0.717, 1.165) is 25.7 Å². The van der Waals surface area contributed by atoms with Crippen molar-refractivity contribution < 1.29 is 22.0 Å². The van der Waals surface area contributed by atoms with Gasteiger partial charge in [-0.25, -0.2) is 12.8 Å². The Morgan fingerprint density at radius 3 is 2.57 bits per heavy atom. The molecule has 2 aromatic rings. The zero-order valence-electron chi connectivity index (χ0n) is 15.7. The van der Waals surface area contributed by atoms with Crippen LogP contribution in [0.1, 0.15) is 47.6 Å². The van der Waals surface area contributed by atoms with E-state index in [9.17, 15) is 17.6 Å². The first kappa shape index (κ1) is 19.1. The Morgan fingerprint density at radius 1 is 1.25 bits per heavy atom. The highest BCUT2D eigenvalue weighted by Gasteiger charge is 2.37. The molecule has 0 bridgehead atoms. The van der Waals surface area contributed by atoms with Crippen molar-refractivity contribution in [3.63, 3.8) is 0 Å². The Balaban J connectivity index is 1.61. The molecule has 1 saturated heterocycles. The molecular formula is C20H23FN2O4S. The third-order valence-corrected chi connectivity index (χ3v) is 7.32. The molecule has 0 atom stereocenters. The molecule has 0 spiro atoms. The number of aryl methyl sites for hydroxylation is 1. The Hall–Kier alpha value is -2.19. The number of hydrogen-bond donors (Lipinski definition) is 0. The number of benzene rings is 1. The Kier molecular flexibility index (Phi) is 5.01. The van der Waals surface area contributed by atoms with Gasteiger partial charge in [0.1, 0.15) is 16.5 Å². The summed E-state index contributed by atoms with van der Waals surface area (Å²) in [5.41, 5.74) is 0.427. The molecule has 2 fully saturated rings. The van der Waals surface area contributed by atoms with Gasteiger partial charge in [-0.15, -0.1) is 0 Å². The summed E-state index contributed by atoms with van der Waals surface area (Å²) in [7, 11) is -3.67. The number of nitrogens with zero attached hydrogens (tertiary/aromatic N) is 2. The van der Waals surface area contributed by atoms with Crippen LogP contribution in [0.5, 0.6) is 0 Å². The second kappa shape index (κ2) is 7.33. The molecule has 1 aliphatic heterocycles. The molecule has 0 radical (unpaired) electrons. The Morgan fingerprint density at radius 2 is 1.93 bits per heavy atom. The highest BCUT2D eigenvalue weighted by Crippen LogP contribution is 2.32. The van der Waals surface area contributed by atoms with Gasteiger partial charge in [0.15, 0.2) is 5.76 Å². The summed E-state index contributed by atoms with van der Waals surface area (Å²) >= 11 is 0. The molecule has 1 aliphatic carbocycles. The first-order valence-corrected chi connectivity index (χ1v) is 11.0. The van der Waals surface area contributed by atoms with Crippen LogP contribution in [0.2, 0.25) is 0 Å². The molecule has 0 N–H and O–H groups in total. The zero-order chi connectivity index (χ0) is 19.9. The smallest absolute Gasteiger partial charge is 0.290 e. The predicted molar refractivity (Wildman–Crippen MR) is 101 cm³/mol. The van der Waals surface area contributed by atoms with Crippen LogP contribution in [0.15, 0.2) is 39.6 Å². The van der Waals surface area contributed by atoms with Gasteiger partial charge in [0.2, 0.25) is 10.0 Å². The maximum atomic E-state index is 14.1. The summed E-state index contributed by atoms with van der Waals surface area (Å²) in [6.07, 6.45) is 3.36. The van der Waals surface area contributed by atoms with Gasteiger partial charge in [0.25, 0.3) is 5.91 Å². The molecule has 2 aliphatic rings. The number of carbonyl (C=O) groups is 1. The molecule has 4 rings (SSSR count). The third-order valence-electron chi connectivity index (χ3n) is 5.31. The third kappa shape index (κ3) is 3.58. The van der Waals surface area contributed by atoms with Crippen molar-refractivity contribution in [2.75, 3.05) is 13.1 Å². The van der Waals surface area contributed by atoms with Crippen LogP contribution in [0.3, 0.4) is 0 Å². The van der Waals surface area contributed by atoms with E-state index in [0.29, 0.717) is 18.7 Å². The highest BCUT2D eigenvalue weighted by molar-refractivity contribution is 7.89. The highest BCUT2D eigenvalue weighted by atomic mass is 32.2. The van der Waals surface area contributed by atoms with Crippen molar-refractivity contribution in [3.05, 3.63) is 53.2 Å². The number of furan rings is 1. The fourth-order valence-electron chi connectivity index (χ4n) is 3.60. The molecule has 8 heteroatoms. The van der Waals surface area contributed by atoms with E-state index in [2.05, 4.69) is 0 Å². The van der Waals surface area contributed by atoms with Gasteiger partial charge in [0, 0.05) is 37.3 Å². The average Bonchev–Trinajstić information content (AvgIpc) is 3.17. The second-order valence-corrected chi connectivity index (χ2v) is 9.30. The van der Waals surface area contributed by atoms with Gasteiger partial charge >= 0.3 is 0 Å². The van der Waals surface area contributed by atoms with Crippen LogP contribution in [0, 0.1) is 12.7 Å². The lowest BCUT2D eigenvalue weighted by Gasteiger charge is -2.21. The lowest BCUT2D eigenvalue weighted by Crippen LogP contribution is -2.32. The molecule has 0 unspecified atom stereocenters. The van der Waals surface area contributed by atoms with E-state index < -0.39 is 15.9 Å². The average molecular weight is 406 g/mol. The van der Waals surface area contributed by atoms with Gasteiger partial charge in [-0.05, 0) is 38.7 Å². The van der Waals surface area contributed by atoms with Gasteiger partial charge in [0.05, 0.1) is 0 Å². The monoisotopic (exact) mass is 406 g/mol. The first-order valence-electron chi connectivity index (χ1n) is 9.53. The van der Waals surface area contributed by atoms with Gasteiger partial charge in [-0.1, -0.05) is 18.2 Å². The van der Waals surface area contributed by atoms with Crippen molar-refractivity contribution >= 4 is 15.9 Å². The summed E-state index contributed by atoms with van der Waals surface area (Å²) in [5.74, 6) is -0.582. The lowest BCUT2D eigenvalue weighted by molar-refractivity contribution is 0.0694. The molecule has 6 nitrogen and oxygen atoms in total. The van der Waals surface area contributed by atoms with Crippen molar-refractivity contribution in [1.29, 1.82) is 0 Å². The fourth-order valence-corrected chi connectivity index (χ4v) is 5.28. The first-order chi connectivity index (χ1) is 13.4. The van der Waals surface area contributed by atoms with Gasteiger partial charge in [-0.2, -0.15) is 4.31 Å². The molecule has 1 saturated carbocycles. The summed E-state index contributed by atoms with van der Waals surface area (Å²) in [6.45, 7) is 2.65. The molecule has 28 heavy (non-hydrogen) atoms. The quantitative estimate of drug-likeness (QED) is 0.738. The van der Waals surface area contributed by atoms with Crippen LogP contribution >= 0.6 is 0 Å². The molecular weight excluding hydrogens is 383 g/mol. The number of carbonyl (C=O) groups excluding carboxylic acids is 1. The minimum atomic E-state index is -3.67. The largest absolute Gasteiger partial charge is 0.455 e. The zero-order valence-corrected chi connectivity index (χ0v) is 16.5. The van der Waals surface area contributed by atoms with Crippen LogP contribution in [-0.4, -0.2) is 42.7 Å². The van der Waals surface area contributed by atoms with Crippen LogP contribution in [-0.2, 0) is 16.6 Å². The minimum absolute atomic E-state index is 0.0153. The summed E-state index contributed by atoms with van der Waals surface area (Å²) in [6, 6.07) is 7.69. The van der Waals surface area contributed by atoms with E-state index in [-0.39, 0.29) is 34.8 Å². The maximum Gasteiger partial charge on any atom is 0.290 e. The Bertz CT molecular complexity index is 991.